The summed E-state index contributed by atoms with van der Waals surface area (Å²) in [7, 11) is 0. The molecule has 2 heterocycles. The van der Waals surface area contributed by atoms with Crippen molar-refractivity contribution in [2.24, 2.45) is 0 Å². The Balaban J connectivity index is 2.29. The fourth-order valence-electron chi connectivity index (χ4n) is 2.39. The first kappa shape index (κ1) is 11.4. The summed E-state index contributed by atoms with van der Waals surface area (Å²) < 4.78 is 1.14. The molecule has 1 aliphatic carbocycles. The maximum atomic E-state index is 12.3. The summed E-state index contributed by atoms with van der Waals surface area (Å²) in [5.41, 5.74) is 0.795. The summed E-state index contributed by atoms with van der Waals surface area (Å²) in [6.07, 6.45) is 4.24. The van der Waals surface area contributed by atoms with Crippen LogP contribution in [0.1, 0.15) is 29.8 Å². The van der Waals surface area contributed by atoms with Crippen LogP contribution in [-0.4, -0.2) is 15.5 Å². The molecular weight excluding hydrogens is 252 g/mol. The predicted octanol–water partition coefficient (Wildman–Crippen LogP) is 0.258. The van der Waals surface area contributed by atoms with E-state index >= 15 is 0 Å². The maximum Gasteiger partial charge on any atom is 0.262 e. The van der Waals surface area contributed by atoms with Crippen LogP contribution >= 0.6 is 11.3 Å². The molecule has 0 saturated heterocycles. The topological polar surface area (TPSA) is 75.0 Å². The van der Waals surface area contributed by atoms with Crippen LogP contribution in [-0.2, 0) is 17.6 Å². The monoisotopic (exact) mass is 263 g/mol. The van der Waals surface area contributed by atoms with E-state index in [1.54, 1.807) is 11.3 Å². The summed E-state index contributed by atoms with van der Waals surface area (Å²) >= 11 is 1.54. The van der Waals surface area contributed by atoms with E-state index in [2.05, 4.69) is 4.98 Å². The van der Waals surface area contributed by atoms with Crippen LogP contribution in [0.4, 0.5) is 0 Å². The molecule has 0 aromatic carbocycles. The quantitative estimate of drug-likeness (QED) is 0.778. The number of hydrogen-bond acceptors (Lipinski definition) is 5. The number of carboxylic acid groups (broad SMARTS) is 1. The third-order valence-corrected chi connectivity index (χ3v) is 4.61. The molecule has 2 aromatic heterocycles. The standard InChI is InChI=1S/C12H12N2O3S/c1-6(12(16)17)14-5-13-10-9(11(14)15)7-3-2-4-8(7)18-10/h5-6H,2-4H2,1H3,(H,16,17)/p-1/t6-/m0/s1. The van der Waals surface area contributed by atoms with Gasteiger partial charge in [0.2, 0.25) is 0 Å². The third kappa shape index (κ3) is 1.49. The van der Waals surface area contributed by atoms with Crippen LogP contribution < -0.4 is 10.7 Å². The molecule has 3 rings (SSSR count). The minimum absolute atomic E-state index is 0.267. The SMILES string of the molecule is C[C@@H](C(=O)[O-])n1cnc2sc3c(c2c1=O)CCC3. The zero-order valence-electron chi connectivity index (χ0n) is 9.80. The summed E-state index contributed by atoms with van der Waals surface area (Å²) in [5, 5.41) is 11.5. The lowest BCUT2D eigenvalue weighted by Crippen LogP contribution is -2.36. The Morgan fingerprint density at radius 3 is 3.06 bits per heavy atom. The molecule has 0 bridgehead atoms. The molecule has 6 heteroatoms. The van der Waals surface area contributed by atoms with Gasteiger partial charge in [0.15, 0.2) is 0 Å². The zero-order valence-corrected chi connectivity index (χ0v) is 10.6. The Hall–Kier alpha value is -1.69. The lowest BCUT2D eigenvalue weighted by molar-refractivity contribution is -0.309. The molecule has 18 heavy (non-hydrogen) atoms. The molecule has 5 nitrogen and oxygen atoms in total. The van der Waals surface area contributed by atoms with Crippen molar-refractivity contribution < 1.29 is 9.90 Å². The molecular formula is C12H11N2O3S-. The highest BCUT2D eigenvalue weighted by Crippen LogP contribution is 2.34. The first-order valence-electron chi connectivity index (χ1n) is 5.82. The molecule has 2 aromatic rings. The van der Waals surface area contributed by atoms with Crippen molar-refractivity contribution in [3.63, 3.8) is 0 Å². The first-order chi connectivity index (χ1) is 8.59. The predicted molar refractivity (Wildman–Crippen MR) is 65.6 cm³/mol. The van der Waals surface area contributed by atoms with Crippen LogP contribution in [0.2, 0.25) is 0 Å². The average Bonchev–Trinajstić information content (AvgIpc) is 2.88. The van der Waals surface area contributed by atoms with Crippen molar-refractivity contribution in [2.45, 2.75) is 32.2 Å². The normalized spacial score (nSPS) is 15.8. The van der Waals surface area contributed by atoms with Crippen LogP contribution in [0.25, 0.3) is 10.2 Å². The second kappa shape index (κ2) is 3.91. The van der Waals surface area contributed by atoms with Crippen LogP contribution in [0.5, 0.6) is 0 Å². The molecule has 0 fully saturated rings. The van der Waals surface area contributed by atoms with Crippen LogP contribution in [0, 0.1) is 0 Å². The molecule has 0 N–H and O–H groups in total. The summed E-state index contributed by atoms with van der Waals surface area (Å²) in [5.74, 6) is -1.27. The van der Waals surface area contributed by atoms with E-state index < -0.39 is 12.0 Å². The molecule has 0 spiro atoms. The number of fused-ring (bicyclic) bond motifs is 3. The summed E-state index contributed by atoms with van der Waals surface area (Å²) in [6.45, 7) is 1.43. The Bertz CT molecular complexity index is 701. The lowest BCUT2D eigenvalue weighted by atomic mass is 10.2. The van der Waals surface area contributed by atoms with Gasteiger partial charge in [0.25, 0.3) is 5.56 Å². The Morgan fingerprint density at radius 2 is 2.33 bits per heavy atom. The van der Waals surface area contributed by atoms with Gasteiger partial charge in [-0.2, -0.15) is 0 Å². The number of rotatable bonds is 2. The van der Waals surface area contributed by atoms with Gasteiger partial charge in [-0.15, -0.1) is 11.3 Å². The fourth-order valence-corrected chi connectivity index (χ4v) is 3.61. The highest BCUT2D eigenvalue weighted by molar-refractivity contribution is 7.18. The smallest absolute Gasteiger partial charge is 0.262 e. The van der Waals surface area contributed by atoms with E-state index in [0.717, 1.165) is 29.4 Å². The number of hydrogen-bond donors (Lipinski definition) is 0. The van der Waals surface area contributed by atoms with E-state index in [-0.39, 0.29) is 5.56 Å². The van der Waals surface area contributed by atoms with Gasteiger partial charge in [-0.05, 0) is 31.7 Å². The molecule has 1 aliphatic rings. The number of nitrogens with zero attached hydrogens (tertiary/aromatic N) is 2. The van der Waals surface area contributed by atoms with E-state index in [0.29, 0.717) is 10.2 Å². The van der Waals surface area contributed by atoms with Gasteiger partial charge < -0.3 is 9.90 Å². The van der Waals surface area contributed by atoms with Crippen molar-refractivity contribution in [2.75, 3.05) is 0 Å². The van der Waals surface area contributed by atoms with Gasteiger partial charge in [0, 0.05) is 4.88 Å². The number of thiophene rings is 1. The highest BCUT2D eigenvalue weighted by atomic mass is 32.1. The lowest BCUT2D eigenvalue weighted by Gasteiger charge is -2.15. The van der Waals surface area contributed by atoms with Gasteiger partial charge in [-0.3, -0.25) is 9.36 Å². The number of aryl methyl sites for hydroxylation is 2. The van der Waals surface area contributed by atoms with E-state index in [1.807, 2.05) is 0 Å². The third-order valence-electron chi connectivity index (χ3n) is 3.41. The number of aliphatic carboxylic acids is 1. The van der Waals surface area contributed by atoms with Gasteiger partial charge in [0.05, 0.1) is 23.7 Å². The number of carbonyl (C=O) groups excluding carboxylic acids is 1. The molecule has 0 unspecified atom stereocenters. The average molecular weight is 263 g/mol. The number of aromatic nitrogens is 2. The molecule has 1 atom stereocenters. The summed E-state index contributed by atoms with van der Waals surface area (Å²) in [6, 6.07) is -0.994. The molecule has 0 radical (unpaired) electrons. The molecule has 0 aliphatic heterocycles. The Labute approximate surface area is 107 Å². The van der Waals surface area contributed by atoms with Crippen LogP contribution in [0.3, 0.4) is 0 Å². The number of carbonyl (C=O) groups is 1. The zero-order chi connectivity index (χ0) is 12.9. The minimum Gasteiger partial charge on any atom is -0.548 e. The molecule has 0 saturated carbocycles. The van der Waals surface area contributed by atoms with Crippen molar-refractivity contribution in [3.05, 3.63) is 27.1 Å². The second-order valence-electron chi connectivity index (χ2n) is 4.49. The second-order valence-corrected chi connectivity index (χ2v) is 5.57. The molecule has 0 amide bonds. The maximum absolute atomic E-state index is 12.3. The van der Waals surface area contributed by atoms with Gasteiger partial charge in [-0.25, -0.2) is 4.98 Å². The Morgan fingerprint density at radius 1 is 1.56 bits per heavy atom. The fraction of sp³-hybridized carbons (Fsp3) is 0.417. The summed E-state index contributed by atoms with van der Waals surface area (Å²) in [4.78, 5) is 29.3. The number of carboxylic acids is 1. The van der Waals surface area contributed by atoms with Gasteiger partial charge in [0.1, 0.15) is 4.83 Å². The van der Waals surface area contributed by atoms with Gasteiger partial charge in [-0.1, -0.05) is 0 Å². The van der Waals surface area contributed by atoms with E-state index in [4.69, 9.17) is 0 Å². The van der Waals surface area contributed by atoms with Crippen molar-refractivity contribution in [3.8, 4) is 0 Å². The van der Waals surface area contributed by atoms with Crippen LogP contribution in [0.15, 0.2) is 11.1 Å². The van der Waals surface area contributed by atoms with E-state index in [9.17, 15) is 14.7 Å². The largest absolute Gasteiger partial charge is 0.548 e. The minimum atomic E-state index is -1.27. The van der Waals surface area contributed by atoms with Crippen molar-refractivity contribution >= 4 is 27.5 Å². The van der Waals surface area contributed by atoms with E-state index in [1.165, 1.54) is 18.1 Å². The first-order valence-corrected chi connectivity index (χ1v) is 6.63. The van der Waals surface area contributed by atoms with Crippen molar-refractivity contribution in [1.82, 2.24) is 9.55 Å². The van der Waals surface area contributed by atoms with Gasteiger partial charge >= 0.3 is 0 Å². The Kier molecular flexibility index (Phi) is 2.48. The highest BCUT2D eigenvalue weighted by Gasteiger charge is 2.22. The van der Waals surface area contributed by atoms with Crippen molar-refractivity contribution in [1.29, 1.82) is 0 Å². The molecule has 94 valence electrons.